The van der Waals surface area contributed by atoms with Gasteiger partial charge in [0.2, 0.25) is 0 Å². The number of piperazine rings is 1. The Balaban J connectivity index is 1.95. The minimum atomic E-state index is -4.12. The number of rotatable bonds is 6. The van der Waals surface area contributed by atoms with E-state index in [-0.39, 0.29) is 51.8 Å². The number of phenols is 1. The minimum Gasteiger partial charge on any atom is -0.507 e. The van der Waals surface area contributed by atoms with Crippen LogP contribution in [0.25, 0.3) is 28.0 Å². The van der Waals surface area contributed by atoms with Crippen molar-refractivity contribution >= 4 is 44.7 Å². The summed E-state index contributed by atoms with van der Waals surface area (Å²) in [4.78, 5) is 24.2. The van der Waals surface area contributed by atoms with Gasteiger partial charge in [0.15, 0.2) is 21.5 Å². The number of anilines is 1. The number of amides is 1. The number of phenolic OH excluding ortho intramolecular Hbond substituents is 1. The first-order valence-electron chi connectivity index (χ1n) is 14.4. The first-order valence-corrected chi connectivity index (χ1v) is 16.7. The van der Waals surface area contributed by atoms with Gasteiger partial charge in [-0.15, -0.1) is 0 Å². The number of aromatic hydroxyl groups is 1. The molecule has 4 aromatic rings. The van der Waals surface area contributed by atoms with Crippen LogP contribution in [0, 0.1) is 23.2 Å². The van der Waals surface area contributed by atoms with E-state index < -0.39 is 56.3 Å². The molecular weight excluding hydrogens is 640 g/mol. The predicted octanol–water partition coefficient (Wildman–Crippen LogP) is 6.16. The van der Waals surface area contributed by atoms with E-state index in [9.17, 15) is 22.7 Å². The van der Waals surface area contributed by atoms with Gasteiger partial charge >= 0.3 is 0 Å². The molecular formula is C32H32F3N5O4S2. The lowest BCUT2D eigenvalue weighted by atomic mass is 10.0. The maximum absolute atomic E-state index is 16.1. The molecule has 46 heavy (non-hydrogen) atoms. The van der Waals surface area contributed by atoms with E-state index in [2.05, 4.69) is 16.5 Å². The zero-order valence-corrected chi connectivity index (χ0v) is 27.4. The van der Waals surface area contributed by atoms with Crippen molar-refractivity contribution in [2.45, 2.75) is 44.6 Å². The molecule has 1 saturated heterocycles. The van der Waals surface area contributed by atoms with Crippen LogP contribution in [0.3, 0.4) is 0 Å². The van der Waals surface area contributed by atoms with Gasteiger partial charge in [0.1, 0.15) is 32.4 Å². The Morgan fingerprint density at radius 2 is 1.85 bits per heavy atom. The molecule has 1 fully saturated rings. The number of carbonyl (C=O) groups excluding carboxylic acids is 1. The predicted molar refractivity (Wildman–Crippen MR) is 172 cm³/mol. The third-order valence-corrected chi connectivity index (χ3v) is 9.64. The number of halogens is 3. The topological polar surface area (TPSA) is 109 Å². The van der Waals surface area contributed by atoms with E-state index in [1.807, 2.05) is 13.8 Å². The number of aromatic nitrogens is 3. The number of carbonyl (C=O) groups is 1. The molecule has 0 spiro atoms. The van der Waals surface area contributed by atoms with Crippen LogP contribution < -0.4 is 4.90 Å². The van der Waals surface area contributed by atoms with Crippen molar-refractivity contribution in [3.63, 3.8) is 0 Å². The summed E-state index contributed by atoms with van der Waals surface area (Å²) >= 11 is 5.93. The lowest BCUT2D eigenvalue weighted by molar-refractivity contribution is -0.131. The highest BCUT2D eigenvalue weighted by molar-refractivity contribution is 7.91. The van der Waals surface area contributed by atoms with Gasteiger partial charge in [0, 0.05) is 43.5 Å². The molecule has 3 aromatic heterocycles. The Hall–Kier alpha value is -4.30. The highest BCUT2D eigenvalue weighted by Gasteiger charge is 2.35. The third-order valence-electron chi connectivity index (χ3n) is 8.00. The van der Waals surface area contributed by atoms with Crippen molar-refractivity contribution < 1.29 is 31.5 Å². The molecule has 1 aromatic carbocycles. The fraction of sp³-hybridized carbons (Fsp3) is 0.312. The standard InChI is InChI=1S/C32H32F3N5O4S2/c1-16(2)25-27(17(3)10-11-36-25)40-30-20(14-22(35)26(37-30)24-21(34)8-7-9-23(24)41)28(29(32(40)45)46(6,43)44)38-12-13-39(18(4)15-38)31(42)19(5)33/h7-11,14,16,18,41H,5,12-13,15H2,1-4,6H3/t18-/m1/s1. The van der Waals surface area contributed by atoms with Gasteiger partial charge in [-0.2, -0.15) is 0 Å². The minimum absolute atomic E-state index is 0.00555. The van der Waals surface area contributed by atoms with Gasteiger partial charge in [-0.1, -0.05) is 38.7 Å². The Morgan fingerprint density at radius 1 is 1.15 bits per heavy atom. The van der Waals surface area contributed by atoms with E-state index in [4.69, 9.17) is 12.2 Å². The maximum atomic E-state index is 16.1. The van der Waals surface area contributed by atoms with Gasteiger partial charge in [0.05, 0.1) is 22.6 Å². The van der Waals surface area contributed by atoms with Crippen molar-refractivity contribution in [1.29, 1.82) is 0 Å². The number of hydrogen-bond donors (Lipinski definition) is 1. The maximum Gasteiger partial charge on any atom is 0.282 e. The molecule has 1 aliphatic heterocycles. The highest BCUT2D eigenvalue weighted by atomic mass is 32.2. The largest absolute Gasteiger partial charge is 0.507 e. The fourth-order valence-corrected chi connectivity index (χ4v) is 7.65. The lowest BCUT2D eigenvalue weighted by Gasteiger charge is -2.41. The molecule has 0 radical (unpaired) electrons. The van der Waals surface area contributed by atoms with E-state index in [0.717, 1.165) is 18.4 Å². The Kier molecular flexibility index (Phi) is 8.73. The SMILES string of the molecule is C=C(F)C(=O)N1CCN(c2c(S(C)(=O)=O)c(=S)n(-c3c(C)ccnc3C(C)C)c3nc(-c4c(O)cccc4F)c(F)cc23)C[C@H]1C. The zero-order valence-electron chi connectivity index (χ0n) is 25.8. The second-order valence-corrected chi connectivity index (χ2v) is 14.0. The molecule has 242 valence electrons. The van der Waals surface area contributed by atoms with Gasteiger partial charge in [-0.05, 0) is 49.6 Å². The van der Waals surface area contributed by atoms with Crippen molar-refractivity contribution in [3.8, 4) is 22.7 Å². The van der Waals surface area contributed by atoms with Crippen LogP contribution in [0.2, 0.25) is 0 Å². The number of sulfone groups is 1. The van der Waals surface area contributed by atoms with Crippen LogP contribution in [-0.4, -0.2) is 70.8 Å². The highest BCUT2D eigenvalue weighted by Crippen LogP contribution is 2.42. The number of benzene rings is 1. The molecule has 0 unspecified atom stereocenters. The first kappa shape index (κ1) is 33.1. The van der Waals surface area contributed by atoms with Crippen LogP contribution in [-0.2, 0) is 14.6 Å². The monoisotopic (exact) mass is 671 g/mol. The van der Waals surface area contributed by atoms with Crippen molar-refractivity contribution in [2.24, 2.45) is 0 Å². The van der Waals surface area contributed by atoms with Crippen molar-refractivity contribution in [2.75, 3.05) is 30.8 Å². The summed E-state index contributed by atoms with van der Waals surface area (Å²) in [7, 11) is -4.12. The van der Waals surface area contributed by atoms with Crippen LogP contribution >= 0.6 is 12.2 Å². The smallest absolute Gasteiger partial charge is 0.282 e. The van der Waals surface area contributed by atoms with Crippen LogP contribution in [0.5, 0.6) is 5.75 Å². The van der Waals surface area contributed by atoms with Gasteiger partial charge in [0.25, 0.3) is 5.91 Å². The van der Waals surface area contributed by atoms with Crippen LogP contribution in [0.15, 0.2) is 53.8 Å². The average molecular weight is 672 g/mol. The molecule has 0 bridgehead atoms. The first-order chi connectivity index (χ1) is 21.5. The van der Waals surface area contributed by atoms with E-state index in [1.54, 1.807) is 31.0 Å². The zero-order chi connectivity index (χ0) is 33.8. The summed E-state index contributed by atoms with van der Waals surface area (Å²) in [5.74, 6) is -4.67. The van der Waals surface area contributed by atoms with Gasteiger partial charge in [-0.3, -0.25) is 14.3 Å². The van der Waals surface area contributed by atoms with E-state index >= 15 is 8.78 Å². The van der Waals surface area contributed by atoms with E-state index in [1.165, 1.54) is 21.6 Å². The number of nitrogens with zero attached hydrogens (tertiary/aromatic N) is 5. The second kappa shape index (κ2) is 12.1. The molecule has 1 amide bonds. The van der Waals surface area contributed by atoms with Gasteiger partial charge in [-0.25, -0.2) is 26.6 Å². The number of aryl methyl sites for hydroxylation is 1. The molecule has 1 aliphatic rings. The molecule has 0 aliphatic carbocycles. The Bertz CT molecular complexity index is 2080. The summed E-state index contributed by atoms with van der Waals surface area (Å²) in [6, 6.07) is 5.69. The van der Waals surface area contributed by atoms with E-state index in [0.29, 0.717) is 16.9 Å². The summed E-state index contributed by atoms with van der Waals surface area (Å²) in [5.41, 5.74) is 0.689. The van der Waals surface area contributed by atoms with Gasteiger partial charge < -0.3 is 14.9 Å². The second-order valence-electron chi connectivity index (χ2n) is 11.6. The Labute approximate surface area is 269 Å². The molecule has 0 saturated carbocycles. The van der Waals surface area contributed by atoms with Crippen LogP contribution in [0.1, 0.15) is 37.9 Å². The summed E-state index contributed by atoms with van der Waals surface area (Å²) in [5, 5.41) is 10.6. The summed E-state index contributed by atoms with van der Waals surface area (Å²) < 4.78 is 73.5. The molecule has 5 rings (SSSR count). The summed E-state index contributed by atoms with van der Waals surface area (Å²) in [6.07, 6.45) is 2.60. The molecule has 4 heterocycles. The molecule has 1 atom stereocenters. The van der Waals surface area contributed by atoms with Crippen molar-refractivity contribution in [3.05, 3.63) is 76.5 Å². The van der Waals surface area contributed by atoms with Crippen LogP contribution in [0.4, 0.5) is 18.9 Å². The fourth-order valence-electron chi connectivity index (χ4n) is 5.93. The molecule has 14 heteroatoms. The molecule has 9 nitrogen and oxygen atoms in total. The quantitative estimate of drug-likeness (QED) is 0.192. The number of hydrogen-bond acceptors (Lipinski definition) is 8. The molecule has 1 N–H and O–H groups in total. The average Bonchev–Trinajstić information content (AvgIpc) is 2.96. The number of pyridine rings is 3. The lowest BCUT2D eigenvalue weighted by Crippen LogP contribution is -2.54. The normalized spacial score (nSPS) is 15.5. The third kappa shape index (κ3) is 5.64. The summed E-state index contributed by atoms with van der Waals surface area (Å²) in [6.45, 7) is 10.4. The van der Waals surface area contributed by atoms with Crippen molar-refractivity contribution in [1.82, 2.24) is 19.4 Å². The Morgan fingerprint density at radius 3 is 2.43 bits per heavy atom. The number of fused-ring (bicyclic) bond motifs is 1.